The number of aromatic nitrogens is 2. The molecule has 0 saturated carbocycles. The van der Waals surface area contributed by atoms with Crippen LogP contribution in [-0.4, -0.2) is 55.7 Å². The fraction of sp³-hybridized carbons (Fsp3) is 0.667. The third-order valence-electron chi connectivity index (χ3n) is 6.24. The van der Waals surface area contributed by atoms with Gasteiger partial charge in [0.2, 0.25) is 5.91 Å². The normalized spacial score (nSPS) is 22.1. The summed E-state index contributed by atoms with van der Waals surface area (Å²) in [5.41, 5.74) is -0.736. The highest BCUT2D eigenvalue weighted by molar-refractivity contribution is 5.89. The summed E-state index contributed by atoms with van der Waals surface area (Å²) in [6.07, 6.45) is 18.1. The molecule has 0 radical (unpaired) electrons. The maximum absolute atomic E-state index is 12.3. The van der Waals surface area contributed by atoms with Crippen molar-refractivity contribution >= 4 is 11.7 Å². The summed E-state index contributed by atoms with van der Waals surface area (Å²) < 4.78 is 6.37. The first kappa shape index (κ1) is 29.9. The highest BCUT2D eigenvalue weighted by Crippen LogP contribution is 2.28. The van der Waals surface area contributed by atoms with Crippen molar-refractivity contribution in [1.82, 2.24) is 9.55 Å². The summed E-state index contributed by atoms with van der Waals surface area (Å²) >= 11 is 0. The quantitative estimate of drug-likeness (QED) is 0.188. The Kier molecular flexibility index (Phi) is 14.3. The van der Waals surface area contributed by atoms with Crippen LogP contribution in [0.3, 0.4) is 0 Å². The molecule has 1 aliphatic heterocycles. The number of ether oxygens (including phenoxy) is 1. The van der Waals surface area contributed by atoms with Crippen molar-refractivity contribution in [3.8, 4) is 0 Å². The molecule has 0 unspecified atom stereocenters. The van der Waals surface area contributed by atoms with Gasteiger partial charge in [0.25, 0.3) is 0 Å². The Hall–Kier alpha value is -2.33. The Bertz CT molecular complexity index is 885. The average Bonchev–Trinajstić information content (AvgIpc) is 3.15. The number of unbranched alkanes of at least 4 members (excludes halogenated alkanes) is 8. The Morgan fingerprint density at radius 1 is 1.03 bits per heavy atom. The van der Waals surface area contributed by atoms with E-state index in [1.807, 2.05) is 0 Å². The molecule has 1 aromatic rings. The molecule has 4 N–H and O–H groups in total. The van der Waals surface area contributed by atoms with Crippen molar-refractivity contribution < 1.29 is 24.9 Å². The van der Waals surface area contributed by atoms with E-state index in [-0.39, 0.29) is 11.7 Å². The van der Waals surface area contributed by atoms with E-state index in [1.165, 1.54) is 37.9 Å². The van der Waals surface area contributed by atoms with Crippen LogP contribution in [0.4, 0.5) is 5.82 Å². The first-order valence-electron chi connectivity index (χ1n) is 13.3. The predicted molar refractivity (Wildman–Crippen MR) is 139 cm³/mol. The molecule has 2 heterocycles. The van der Waals surface area contributed by atoms with Gasteiger partial charge < -0.3 is 25.4 Å². The summed E-state index contributed by atoms with van der Waals surface area (Å²) in [5, 5.41) is 31.7. The monoisotopic (exact) mass is 505 g/mol. The number of amides is 1. The lowest BCUT2D eigenvalue weighted by atomic mass is 10.1. The number of anilines is 1. The topological polar surface area (TPSA) is 134 Å². The minimum Gasteiger partial charge on any atom is -0.394 e. The zero-order valence-electron chi connectivity index (χ0n) is 21.4. The van der Waals surface area contributed by atoms with Crippen molar-refractivity contribution in [3.05, 3.63) is 47.1 Å². The number of carbonyl (C=O) groups is 1. The van der Waals surface area contributed by atoms with Crippen LogP contribution in [0.15, 0.2) is 41.4 Å². The fourth-order valence-electron chi connectivity index (χ4n) is 4.09. The van der Waals surface area contributed by atoms with E-state index in [1.54, 1.807) is 0 Å². The molecule has 36 heavy (non-hydrogen) atoms. The number of nitrogens with one attached hydrogen (secondary N) is 1. The maximum atomic E-state index is 12.3. The molecule has 9 heteroatoms. The summed E-state index contributed by atoms with van der Waals surface area (Å²) in [4.78, 5) is 28.3. The van der Waals surface area contributed by atoms with E-state index < -0.39 is 36.8 Å². The molecule has 0 aliphatic carbocycles. The highest BCUT2D eigenvalue weighted by atomic mass is 16.6. The molecule has 2 rings (SSSR count). The van der Waals surface area contributed by atoms with Crippen molar-refractivity contribution in [2.75, 3.05) is 11.9 Å². The van der Waals surface area contributed by atoms with Crippen molar-refractivity contribution in [3.63, 3.8) is 0 Å². The Morgan fingerprint density at radius 2 is 1.69 bits per heavy atom. The minimum absolute atomic E-state index is 0.121. The highest BCUT2D eigenvalue weighted by Gasteiger charge is 2.43. The number of aliphatic hydroxyl groups excluding tert-OH is 3. The van der Waals surface area contributed by atoms with Crippen LogP contribution >= 0.6 is 0 Å². The molecule has 9 nitrogen and oxygen atoms in total. The van der Waals surface area contributed by atoms with Crippen molar-refractivity contribution in [2.24, 2.45) is 0 Å². The van der Waals surface area contributed by atoms with E-state index in [4.69, 9.17) is 4.74 Å². The molecule has 1 aromatic heterocycles. The number of hydrogen-bond donors (Lipinski definition) is 4. The molecule has 1 fully saturated rings. The van der Waals surface area contributed by atoms with Gasteiger partial charge in [-0.1, -0.05) is 63.3 Å². The summed E-state index contributed by atoms with van der Waals surface area (Å²) in [6, 6.07) is 1.43. The van der Waals surface area contributed by atoms with E-state index in [0.717, 1.165) is 49.5 Å². The second-order valence-electron chi connectivity index (χ2n) is 9.26. The average molecular weight is 506 g/mol. The van der Waals surface area contributed by atoms with Gasteiger partial charge in [0.1, 0.15) is 24.1 Å². The zero-order chi connectivity index (χ0) is 26.2. The van der Waals surface area contributed by atoms with Crippen molar-refractivity contribution in [1.29, 1.82) is 0 Å². The lowest BCUT2D eigenvalue weighted by Crippen LogP contribution is -2.36. The number of aliphatic hydroxyl groups is 3. The van der Waals surface area contributed by atoms with Gasteiger partial charge in [-0.3, -0.25) is 9.36 Å². The largest absolute Gasteiger partial charge is 0.394 e. The van der Waals surface area contributed by atoms with Gasteiger partial charge in [0, 0.05) is 12.6 Å². The number of nitrogens with zero attached hydrogens (tertiary/aromatic N) is 2. The fourth-order valence-corrected chi connectivity index (χ4v) is 4.09. The number of allylic oxidation sites excluding steroid dienone is 4. The molecule has 202 valence electrons. The summed E-state index contributed by atoms with van der Waals surface area (Å²) in [5.74, 6) is -0.0890. The minimum atomic E-state index is -1.37. The van der Waals surface area contributed by atoms with Gasteiger partial charge in [-0.2, -0.15) is 4.98 Å². The van der Waals surface area contributed by atoms with E-state index in [2.05, 4.69) is 41.5 Å². The van der Waals surface area contributed by atoms with Crippen LogP contribution < -0.4 is 11.0 Å². The first-order valence-corrected chi connectivity index (χ1v) is 13.3. The smallest absolute Gasteiger partial charge is 0.351 e. The van der Waals surface area contributed by atoms with Gasteiger partial charge in [0.05, 0.1) is 6.61 Å². The predicted octanol–water partition coefficient (Wildman–Crippen LogP) is 3.61. The van der Waals surface area contributed by atoms with Crippen LogP contribution in [0.5, 0.6) is 0 Å². The second kappa shape index (κ2) is 17.2. The van der Waals surface area contributed by atoms with Crippen LogP contribution in [0, 0.1) is 0 Å². The van der Waals surface area contributed by atoms with Crippen LogP contribution in [0.2, 0.25) is 0 Å². The van der Waals surface area contributed by atoms with Crippen LogP contribution in [-0.2, 0) is 9.53 Å². The van der Waals surface area contributed by atoms with Gasteiger partial charge in [-0.05, 0) is 44.6 Å². The van der Waals surface area contributed by atoms with Gasteiger partial charge in [-0.15, -0.1) is 0 Å². The molecule has 0 aromatic carbocycles. The number of hydrogen-bond acceptors (Lipinski definition) is 7. The molecule has 1 amide bonds. The summed E-state index contributed by atoms with van der Waals surface area (Å²) in [6.45, 7) is 1.73. The Morgan fingerprint density at radius 3 is 2.33 bits per heavy atom. The lowest BCUT2D eigenvalue weighted by molar-refractivity contribution is -0.116. The third kappa shape index (κ3) is 10.3. The molecular weight excluding hydrogens is 462 g/mol. The SMILES string of the molecule is CCCCCC=CCC=CCCCCCCCC(=O)Nc1ccn([C@@H]2O[C@H](CO)[C@@H](O)[C@@H]2O)c(=O)n1. The van der Waals surface area contributed by atoms with E-state index in [0.29, 0.717) is 6.42 Å². The molecule has 1 aliphatic rings. The lowest BCUT2D eigenvalue weighted by Gasteiger charge is -2.17. The zero-order valence-corrected chi connectivity index (χ0v) is 21.4. The second-order valence-corrected chi connectivity index (χ2v) is 9.26. The van der Waals surface area contributed by atoms with Crippen molar-refractivity contribution in [2.45, 2.75) is 109 Å². The number of rotatable bonds is 17. The molecular formula is C27H43N3O6. The van der Waals surface area contributed by atoms with Gasteiger partial charge in [0.15, 0.2) is 6.23 Å². The molecule has 0 bridgehead atoms. The van der Waals surface area contributed by atoms with E-state index >= 15 is 0 Å². The first-order chi connectivity index (χ1) is 17.5. The third-order valence-corrected chi connectivity index (χ3v) is 6.24. The molecule has 1 saturated heterocycles. The van der Waals surface area contributed by atoms with Crippen LogP contribution in [0.25, 0.3) is 0 Å². The van der Waals surface area contributed by atoms with Crippen LogP contribution in [0.1, 0.15) is 90.2 Å². The van der Waals surface area contributed by atoms with E-state index in [9.17, 15) is 24.9 Å². The number of carbonyl (C=O) groups excluding carboxylic acids is 1. The standard InChI is InChI=1S/C27H43N3O6/c1-2-3-4-5-6-7-8-9-10-11-12-13-14-15-16-17-23(32)28-22-18-19-30(27(35)29-22)26-25(34)24(33)21(20-31)36-26/h6-7,9-10,18-19,21,24-26,31,33-34H,2-5,8,11-17,20H2,1H3,(H,28,29,32,35)/t21-,24-,25+,26-/m1/s1. The summed E-state index contributed by atoms with van der Waals surface area (Å²) in [7, 11) is 0. The van der Waals surface area contributed by atoms with Gasteiger partial charge in [-0.25, -0.2) is 4.79 Å². The Balaban J connectivity index is 1.57. The Labute approximate surface area is 213 Å². The molecule has 4 atom stereocenters. The van der Waals surface area contributed by atoms with Gasteiger partial charge >= 0.3 is 5.69 Å². The maximum Gasteiger partial charge on any atom is 0.351 e. The molecule has 0 spiro atoms.